The molecule has 6 heteroatoms. The number of halogens is 2. The van der Waals surface area contributed by atoms with E-state index in [0.717, 1.165) is 10.0 Å². The topological polar surface area (TPSA) is 37.4 Å². The second kappa shape index (κ2) is 5.04. The molecule has 90 valence electrons. The van der Waals surface area contributed by atoms with Crippen molar-refractivity contribution in [3.8, 4) is 0 Å². The van der Waals surface area contributed by atoms with E-state index in [0.29, 0.717) is 10.5 Å². The molecule has 1 rings (SSSR count). The first-order valence-corrected chi connectivity index (χ1v) is 7.35. The molecule has 0 radical (unpaired) electrons. The average Bonchev–Trinajstić information content (AvgIpc) is 2.21. The first-order valence-electron chi connectivity index (χ1n) is 4.58. The van der Waals surface area contributed by atoms with Crippen LogP contribution in [-0.2, 0) is 15.9 Å². The lowest BCUT2D eigenvalue weighted by molar-refractivity contribution is 0.520. The summed E-state index contributed by atoms with van der Waals surface area (Å²) in [6.07, 6.45) is 0. The van der Waals surface area contributed by atoms with Gasteiger partial charge in [0, 0.05) is 24.4 Å². The van der Waals surface area contributed by atoms with Gasteiger partial charge in [-0.1, -0.05) is 15.9 Å². The van der Waals surface area contributed by atoms with Gasteiger partial charge in [0.1, 0.15) is 0 Å². The van der Waals surface area contributed by atoms with E-state index >= 15 is 0 Å². The lowest BCUT2D eigenvalue weighted by Crippen LogP contribution is -2.23. The van der Waals surface area contributed by atoms with Crippen molar-refractivity contribution in [3.05, 3.63) is 27.7 Å². The highest BCUT2D eigenvalue weighted by atomic mass is 79.9. The number of hydrogen-bond acceptors (Lipinski definition) is 2. The van der Waals surface area contributed by atoms with Crippen LogP contribution in [0.3, 0.4) is 0 Å². The molecule has 0 saturated carbocycles. The van der Waals surface area contributed by atoms with Gasteiger partial charge in [-0.2, -0.15) is 0 Å². The van der Waals surface area contributed by atoms with Crippen LogP contribution in [0.4, 0.5) is 0 Å². The SMILES string of the molecule is Cc1c(Br)cc(CCl)cc1S(=O)(=O)N(C)C. The smallest absolute Gasteiger partial charge is 0.207 e. The molecule has 0 spiro atoms. The fourth-order valence-electron chi connectivity index (χ4n) is 1.25. The van der Waals surface area contributed by atoms with Gasteiger partial charge >= 0.3 is 0 Å². The van der Waals surface area contributed by atoms with E-state index in [1.165, 1.54) is 18.4 Å². The molecular weight excluding hydrogens is 314 g/mol. The van der Waals surface area contributed by atoms with Gasteiger partial charge in [-0.3, -0.25) is 0 Å². The molecule has 0 bridgehead atoms. The molecule has 0 aromatic heterocycles. The zero-order valence-electron chi connectivity index (χ0n) is 9.29. The summed E-state index contributed by atoms with van der Waals surface area (Å²) >= 11 is 9.06. The van der Waals surface area contributed by atoms with Crippen LogP contribution in [0.5, 0.6) is 0 Å². The van der Waals surface area contributed by atoms with Crippen molar-refractivity contribution in [2.75, 3.05) is 14.1 Å². The Morgan fingerprint density at radius 1 is 1.38 bits per heavy atom. The van der Waals surface area contributed by atoms with E-state index < -0.39 is 10.0 Å². The van der Waals surface area contributed by atoms with E-state index in [9.17, 15) is 8.42 Å². The molecule has 3 nitrogen and oxygen atoms in total. The zero-order chi connectivity index (χ0) is 12.5. The molecule has 0 atom stereocenters. The summed E-state index contributed by atoms with van der Waals surface area (Å²) in [4.78, 5) is 0.294. The molecule has 16 heavy (non-hydrogen) atoms. The molecule has 0 heterocycles. The maximum Gasteiger partial charge on any atom is 0.242 e. The van der Waals surface area contributed by atoms with E-state index in [-0.39, 0.29) is 5.88 Å². The van der Waals surface area contributed by atoms with Crippen LogP contribution in [0.15, 0.2) is 21.5 Å². The van der Waals surface area contributed by atoms with Crippen molar-refractivity contribution in [1.29, 1.82) is 0 Å². The third kappa shape index (κ3) is 2.59. The fraction of sp³-hybridized carbons (Fsp3) is 0.400. The van der Waals surface area contributed by atoms with Crippen molar-refractivity contribution in [2.45, 2.75) is 17.7 Å². The monoisotopic (exact) mass is 325 g/mol. The van der Waals surface area contributed by atoms with Crippen LogP contribution in [-0.4, -0.2) is 26.8 Å². The molecule has 0 N–H and O–H groups in total. The number of sulfonamides is 1. The predicted molar refractivity (Wildman–Crippen MR) is 69.3 cm³/mol. The van der Waals surface area contributed by atoms with Crippen LogP contribution >= 0.6 is 27.5 Å². The molecule has 0 aliphatic carbocycles. The van der Waals surface area contributed by atoms with Crippen molar-refractivity contribution in [1.82, 2.24) is 4.31 Å². The third-order valence-corrected chi connectivity index (χ3v) is 5.34. The number of alkyl halides is 1. The van der Waals surface area contributed by atoms with Crippen LogP contribution in [0.2, 0.25) is 0 Å². The second-order valence-corrected chi connectivity index (χ2v) is 6.86. The Kier molecular flexibility index (Phi) is 4.40. The van der Waals surface area contributed by atoms with Gasteiger partial charge in [-0.15, -0.1) is 11.6 Å². The van der Waals surface area contributed by atoms with E-state index in [1.807, 2.05) is 6.07 Å². The Bertz CT molecular complexity index is 500. The maximum atomic E-state index is 12.0. The Balaban J connectivity index is 3.51. The molecule has 0 saturated heterocycles. The Hall–Kier alpha value is -0.100. The van der Waals surface area contributed by atoms with Gasteiger partial charge in [0.15, 0.2) is 0 Å². The van der Waals surface area contributed by atoms with E-state index in [2.05, 4.69) is 15.9 Å². The summed E-state index contributed by atoms with van der Waals surface area (Å²) in [5.41, 5.74) is 1.47. The molecule has 1 aromatic carbocycles. The number of hydrogen-bond donors (Lipinski definition) is 0. The van der Waals surface area contributed by atoms with Gasteiger partial charge in [-0.25, -0.2) is 12.7 Å². The van der Waals surface area contributed by atoms with Crippen LogP contribution in [0.25, 0.3) is 0 Å². The summed E-state index contributed by atoms with van der Waals surface area (Å²) in [5, 5.41) is 0. The Morgan fingerprint density at radius 3 is 2.38 bits per heavy atom. The Morgan fingerprint density at radius 2 is 1.94 bits per heavy atom. The van der Waals surface area contributed by atoms with Gasteiger partial charge in [0.05, 0.1) is 4.90 Å². The molecule has 0 unspecified atom stereocenters. The first-order chi connectivity index (χ1) is 7.30. The summed E-state index contributed by atoms with van der Waals surface area (Å²) < 4.78 is 26.0. The van der Waals surface area contributed by atoms with Gasteiger partial charge in [0.2, 0.25) is 10.0 Å². The molecular formula is C10H13BrClNO2S. The van der Waals surface area contributed by atoms with Crippen molar-refractivity contribution >= 4 is 37.6 Å². The van der Waals surface area contributed by atoms with Gasteiger partial charge < -0.3 is 0 Å². The normalized spacial score (nSPS) is 12.1. The minimum atomic E-state index is -3.42. The van der Waals surface area contributed by atoms with E-state index in [4.69, 9.17) is 11.6 Å². The minimum Gasteiger partial charge on any atom is -0.207 e. The van der Waals surface area contributed by atoms with Crippen molar-refractivity contribution in [3.63, 3.8) is 0 Å². The lowest BCUT2D eigenvalue weighted by atomic mass is 10.2. The van der Waals surface area contributed by atoms with Crippen LogP contribution < -0.4 is 0 Å². The number of nitrogens with zero attached hydrogens (tertiary/aromatic N) is 1. The van der Waals surface area contributed by atoms with Crippen molar-refractivity contribution in [2.24, 2.45) is 0 Å². The summed E-state index contributed by atoms with van der Waals surface area (Å²) in [5.74, 6) is 0.287. The summed E-state index contributed by atoms with van der Waals surface area (Å²) in [6.45, 7) is 1.76. The lowest BCUT2D eigenvalue weighted by Gasteiger charge is -2.15. The summed E-state index contributed by atoms with van der Waals surface area (Å²) in [7, 11) is -0.398. The zero-order valence-corrected chi connectivity index (χ0v) is 12.4. The number of benzene rings is 1. The molecule has 1 aromatic rings. The molecule has 0 aliphatic heterocycles. The van der Waals surface area contributed by atoms with Gasteiger partial charge in [-0.05, 0) is 30.2 Å². The Labute approximate surface area is 110 Å². The maximum absolute atomic E-state index is 12.0. The predicted octanol–water partition coefficient (Wildman–Crippen LogP) is 2.75. The highest BCUT2D eigenvalue weighted by Gasteiger charge is 2.21. The van der Waals surface area contributed by atoms with Gasteiger partial charge in [0.25, 0.3) is 0 Å². The largest absolute Gasteiger partial charge is 0.242 e. The van der Waals surface area contributed by atoms with Crippen LogP contribution in [0, 0.1) is 6.92 Å². The fourth-order valence-corrected chi connectivity index (χ4v) is 3.23. The molecule has 0 amide bonds. The highest BCUT2D eigenvalue weighted by molar-refractivity contribution is 9.10. The van der Waals surface area contributed by atoms with E-state index in [1.54, 1.807) is 13.0 Å². The molecule has 0 fully saturated rings. The quantitative estimate of drug-likeness (QED) is 0.801. The average molecular weight is 327 g/mol. The third-order valence-electron chi connectivity index (χ3n) is 2.27. The van der Waals surface area contributed by atoms with Crippen LogP contribution in [0.1, 0.15) is 11.1 Å². The second-order valence-electron chi connectivity index (χ2n) is 3.62. The minimum absolute atomic E-state index is 0.287. The standard InChI is InChI=1S/C10H13BrClNO2S/c1-7-9(11)4-8(6-12)5-10(7)16(14,15)13(2)3/h4-5H,6H2,1-3H3. The number of rotatable bonds is 3. The van der Waals surface area contributed by atoms with Crippen molar-refractivity contribution < 1.29 is 8.42 Å². The first kappa shape index (κ1) is 14.0. The molecule has 0 aliphatic rings. The highest BCUT2D eigenvalue weighted by Crippen LogP contribution is 2.27. The summed E-state index contributed by atoms with van der Waals surface area (Å²) in [6, 6.07) is 3.44.